The fourth-order valence-electron chi connectivity index (χ4n) is 3.27. The average Bonchev–Trinajstić information content (AvgIpc) is 2.68. The van der Waals surface area contributed by atoms with Crippen molar-refractivity contribution in [2.45, 2.75) is 32.1 Å². The molecule has 28 heavy (non-hydrogen) atoms. The second-order valence-corrected chi connectivity index (χ2v) is 7.06. The smallest absolute Gasteiger partial charge is 0.226 e. The average molecular weight is 379 g/mol. The molecule has 1 aliphatic heterocycles. The van der Waals surface area contributed by atoms with E-state index in [4.69, 9.17) is 10.5 Å². The van der Waals surface area contributed by atoms with E-state index in [1.54, 1.807) is 18.2 Å². The molecule has 4 N–H and O–H groups in total. The molecule has 146 valence electrons. The van der Waals surface area contributed by atoms with Crippen LogP contribution in [0.4, 0.5) is 5.69 Å². The topological polar surface area (TPSA) is 96.9 Å². The number of aliphatic imine (C=N–C) groups is 1. The van der Waals surface area contributed by atoms with E-state index in [9.17, 15) is 9.90 Å². The van der Waals surface area contributed by atoms with Gasteiger partial charge in [-0.05, 0) is 41.3 Å². The zero-order valence-electron chi connectivity index (χ0n) is 16.3. The van der Waals surface area contributed by atoms with Gasteiger partial charge in [-0.3, -0.25) is 4.79 Å². The molecule has 1 unspecified atom stereocenters. The number of amidine groups is 1. The largest absolute Gasteiger partial charge is 0.504 e. The number of piperidine rings is 1. The summed E-state index contributed by atoms with van der Waals surface area (Å²) in [7, 11) is 1.49. The lowest BCUT2D eigenvalue weighted by atomic mass is 9.85. The maximum absolute atomic E-state index is 12.3. The fourth-order valence-corrected chi connectivity index (χ4v) is 3.27. The highest BCUT2D eigenvalue weighted by atomic mass is 16.5. The number of nitrogens with one attached hydrogen (secondary N) is 1. The van der Waals surface area contributed by atoms with Gasteiger partial charge in [-0.2, -0.15) is 0 Å². The number of methoxy groups -OCH3 is 1. The SMILES string of the molecule is COc1cc(C2CC(=O)NC(=Nc3ccc(C(C)C)cc3)/C2=C\N)ccc1O. The van der Waals surface area contributed by atoms with Crippen molar-refractivity contribution < 1.29 is 14.6 Å². The Hall–Kier alpha value is -3.28. The molecule has 6 nitrogen and oxygen atoms in total. The summed E-state index contributed by atoms with van der Waals surface area (Å²) in [5.41, 5.74) is 9.42. The molecule has 1 aliphatic rings. The summed E-state index contributed by atoms with van der Waals surface area (Å²) in [6, 6.07) is 12.9. The molecular weight excluding hydrogens is 354 g/mol. The Kier molecular flexibility index (Phi) is 5.68. The van der Waals surface area contributed by atoms with Crippen LogP contribution in [0.25, 0.3) is 0 Å². The van der Waals surface area contributed by atoms with Crippen molar-refractivity contribution in [1.82, 2.24) is 5.32 Å². The monoisotopic (exact) mass is 379 g/mol. The first-order chi connectivity index (χ1) is 13.4. The molecule has 0 aliphatic carbocycles. The lowest BCUT2D eigenvalue weighted by molar-refractivity contribution is -0.120. The molecular formula is C22H25N3O3. The first kappa shape index (κ1) is 19.5. The Morgan fingerprint density at radius 1 is 1.25 bits per heavy atom. The number of ether oxygens (including phenoxy) is 1. The van der Waals surface area contributed by atoms with E-state index in [1.165, 1.54) is 18.9 Å². The number of amides is 1. The number of benzene rings is 2. The lowest BCUT2D eigenvalue weighted by Gasteiger charge is -2.27. The van der Waals surface area contributed by atoms with E-state index >= 15 is 0 Å². The van der Waals surface area contributed by atoms with Gasteiger partial charge < -0.3 is 20.9 Å². The van der Waals surface area contributed by atoms with Gasteiger partial charge in [0.15, 0.2) is 11.5 Å². The maximum Gasteiger partial charge on any atom is 0.226 e. The lowest BCUT2D eigenvalue weighted by Crippen LogP contribution is -2.40. The van der Waals surface area contributed by atoms with Crippen molar-refractivity contribution in [3.63, 3.8) is 0 Å². The highest BCUT2D eigenvalue weighted by Crippen LogP contribution is 2.36. The van der Waals surface area contributed by atoms with Crippen LogP contribution in [-0.4, -0.2) is 24.0 Å². The van der Waals surface area contributed by atoms with Gasteiger partial charge in [0.2, 0.25) is 5.91 Å². The van der Waals surface area contributed by atoms with Gasteiger partial charge >= 0.3 is 0 Å². The zero-order chi connectivity index (χ0) is 20.3. The number of phenols is 1. The van der Waals surface area contributed by atoms with Gasteiger partial charge in [0.1, 0.15) is 5.84 Å². The normalized spacial score (nSPS) is 19.9. The number of hydrogen-bond acceptors (Lipinski definition) is 5. The van der Waals surface area contributed by atoms with E-state index in [2.05, 4.69) is 24.2 Å². The standard InChI is InChI=1S/C22H25N3O3/c1-13(2)14-4-7-16(8-5-14)24-22-18(12-23)17(11-21(27)25-22)15-6-9-19(26)20(10-15)28-3/h4-10,12-13,17,26H,11,23H2,1-3H3,(H,24,25,27)/b18-12-. The van der Waals surface area contributed by atoms with Crippen molar-refractivity contribution in [2.24, 2.45) is 10.7 Å². The van der Waals surface area contributed by atoms with Crippen LogP contribution in [0.5, 0.6) is 11.5 Å². The number of rotatable bonds is 4. The second-order valence-electron chi connectivity index (χ2n) is 7.06. The van der Waals surface area contributed by atoms with Crippen LogP contribution in [0, 0.1) is 0 Å². The van der Waals surface area contributed by atoms with Crippen LogP contribution in [0.3, 0.4) is 0 Å². The van der Waals surface area contributed by atoms with Crippen LogP contribution < -0.4 is 15.8 Å². The molecule has 2 aromatic rings. The van der Waals surface area contributed by atoms with E-state index in [0.29, 0.717) is 17.5 Å². The van der Waals surface area contributed by atoms with Crippen molar-refractivity contribution in [3.8, 4) is 11.5 Å². The molecule has 2 aromatic carbocycles. The summed E-state index contributed by atoms with van der Waals surface area (Å²) in [6.07, 6.45) is 1.72. The summed E-state index contributed by atoms with van der Waals surface area (Å²) in [6.45, 7) is 4.27. The third-order valence-electron chi connectivity index (χ3n) is 4.88. The van der Waals surface area contributed by atoms with E-state index in [0.717, 1.165) is 16.8 Å². The first-order valence-electron chi connectivity index (χ1n) is 9.20. The van der Waals surface area contributed by atoms with Crippen molar-refractivity contribution in [3.05, 3.63) is 65.4 Å². The van der Waals surface area contributed by atoms with Gasteiger partial charge in [-0.15, -0.1) is 0 Å². The molecule has 1 amide bonds. The van der Waals surface area contributed by atoms with Gasteiger partial charge in [0.05, 0.1) is 12.8 Å². The molecule has 0 radical (unpaired) electrons. The molecule has 1 fully saturated rings. The number of carbonyl (C=O) groups excluding carboxylic acids is 1. The minimum atomic E-state index is -0.276. The molecule has 6 heteroatoms. The van der Waals surface area contributed by atoms with Crippen LogP contribution >= 0.6 is 0 Å². The van der Waals surface area contributed by atoms with Crippen LogP contribution in [-0.2, 0) is 4.79 Å². The summed E-state index contributed by atoms with van der Waals surface area (Å²) in [4.78, 5) is 16.9. The first-order valence-corrected chi connectivity index (χ1v) is 9.20. The fraction of sp³-hybridized carbons (Fsp3) is 0.273. The Balaban J connectivity index is 1.97. The molecule has 0 saturated carbocycles. The Labute approximate surface area is 164 Å². The number of carbonyl (C=O) groups is 1. The third-order valence-corrected chi connectivity index (χ3v) is 4.88. The summed E-state index contributed by atoms with van der Waals surface area (Å²) < 4.78 is 5.19. The van der Waals surface area contributed by atoms with Crippen LogP contribution in [0.2, 0.25) is 0 Å². The third kappa shape index (κ3) is 4.01. The highest BCUT2D eigenvalue weighted by Gasteiger charge is 2.30. The molecule has 1 saturated heterocycles. The number of hydrogen-bond donors (Lipinski definition) is 3. The molecule has 1 atom stereocenters. The summed E-state index contributed by atoms with van der Waals surface area (Å²) in [5.74, 6) is 0.853. The van der Waals surface area contributed by atoms with Crippen LogP contribution in [0.15, 0.2) is 59.2 Å². The molecule has 0 bridgehead atoms. The van der Waals surface area contributed by atoms with E-state index in [1.807, 2.05) is 24.3 Å². The second kappa shape index (κ2) is 8.17. The van der Waals surface area contributed by atoms with Gasteiger partial charge in [0, 0.05) is 24.1 Å². The van der Waals surface area contributed by atoms with Crippen molar-refractivity contribution in [2.75, 3.05) is 7.11 Å². The summed E-state index contributed by atoms with van der Waals surface area (Å²) >= 11 is 0. The van der Waals surface area contributed by atoms with Gasteiger partial charge in [0.25, 0.3) is 0 Å². The predicted molar refractivity (Wildman–Crippen MR) is 110 cm³/mol. The molecule has 1 heterocycles. The van der Waals surface area contributed by atoms with Gasteiger partial charge in [-0.1, -0.05) is 32.0 Å². The number of aromatic hydroxyl groups is 1. The molecule has 0 spiro atoms. The van der Waals surface area contributed by atoms with E-state index in [-0.39, 0.29) is 24.0 Å². The quantitative estimate of drug-likeness (QED) is 0.754. The Morgan fingerprint density at radius 2 is 1.96 bits per heavy atom. The van der Waals surface area contributed by atoms with Gasteiger partial charge in [-0.25, -0.2) is 4.99 Å². The number of nitrogens with two attached hydrogens (primary N) is 1. The number of nitrogens with zero attached hydrogens (tertiary/aromatic N) is 1. The number of phenolic OH excluding ortho intramolecular Hbond substituents is 1. The maximum atomic E-state index is 12.3. The van der Waals surface area contributed by atoms with Crippen molar-refractivity contribution in [1.29, 1.82) is 0 Å². The van der Waals surface area contributed by atoms with Crippen LogP contribution in [0.1, 0.15) is 43.2 Å². The predicted octanol–water partition coefficient (Wildman–Crippen LogP) is 3.70. The molecule has 0 aromatic heterocycles. The zero-order valence-corrected chi connectivity index (χ0v) is 16.3. The van der Waals surface area contributed by atoms with Crippen molar-refractivity contribution >= 4 is 17.4 Å². The minimum absolute atomic E-state index is 0.0453. The van der Waals surface area contributed by atoms with E-state index < -0.39 is 0 Å². The minimum Gasteiger partial charge on any atom is -0.504 e. The highest BCUT2D eigenvalue weighted by molar-refractivity contribution is 6.12. The molecule has 3 rings (SSSR count). The summed E-state index contributed by atoms with van der Waals surface area (Å²) in [5, 5.41) is 12.7. The Bertz CT molecular complexity index is 931. The Morgan fingerprint density at radius 3 is 2.57 bits per heavy atom.